The van der Waals surface area contributed by atoms with E-state index in [-0.39, 0.29) is 0 Å². The maximum atomic E-state index is 10.7. The van der Waals surface area contributed by atoms with Gasteiger partial charge in [-0.3, -0.25) is 4.55 Å². The van der Waals surface area contributed by atoms with Gasteiger partial charge in [-0.05, 0) is 12.3 Å². The zero-order chi connectivity index (χ0) is 9.50. The van der Waals surface area contributed by atoms with Crippen molar-refractivity contribution < 1.29 is 13.0 Å². The summed E-state index contributed by atoms with van der Waals surface area (Å²) in [4.78, 5) is -1.60. The van der Waals surface area contributed by atoms with Crippen molar-refractivity contribution in [1.29, 1.82) is 0 Å². The van der Waals surface area contributed by atoms with Crippen LogP contribution in [0.3, 0.4) is 0 Å². The van der Waals surface area contributed by atoms with E-state index in [1.165, 1.54) is 6.92 Å². The molecule has 0 aliphatic rings. The Morgan fingerprint density at radius 1 is 1.18 bits per heavy atom. The van der Waals surface area contributed by atoms with Gasteiger partial charge in [0.25, 0.3) is 10.1 Å². The predicted molar refractivity (Wildman–Crippen MR) is 43.6 cm³/mol. The van der Waals surface area contributed by atoms with E-state index in [9.17, 15) is 8.42 Å². The van der Waals surface area contributed by atoms with Crippen LogP contribution in [0.5, 0.6) is 0 Å². The molecule has 0 radical (unpaired) electrons. The van der Waals surface area contributed by atoms with Crippen LogP contribution < -0.4 is 5.73 Å². The molecule has 0 saturated carbocycles. The summed E-state index contributed by atoms with van der Waals surface area (Å²) in [6.07, 6.45) is 0. The molecule has 0 aromatic carbocycles. The summed E-state index contributed by atoms with van der Waals surface area (Å²) in [6, 6.07) is 0. The lowest BCUT2D eigenvalue weighted by molar-refractivity contribution is 0.269. The van der Waals surface area contributed by atoms with Gasteiger partial charge >= 0.3 is 0 Å². The Morgan fingerprint density at radius 3 is 1.45 bits per heavy atom. The van der Waals surface area contributed by atoms with Crippen molar-refractivity contribution >= 4 is 10.1 Å². The largest absolute Gasteiger partial charge is 0.310 e. The molecule has 0 aromatic rings. The van der Waals surface area contributed by atoms with Crippen LogP contribution in [0.4, 0.5) is 0 Å². The minimum Gasteiger partial charge on any atom is -0.310 e. The maximum absolute atomic E-state index is 10.7. The molecular formula is C6H15NO3S. The minimum atomic E-state index is -4.18. The second-order valence-corrected chi connectivity index (χ2v) is 5.63. The lowest BCUT2D eigenvalue weighted by Crippen LogP contribution is -2.54. The number of nitrogens with two attached hydrogens (primary N) is 1. The molecule has 68 valence electrons. The van der Waals surface area contributed by atoms with Crippen molar-refractivity contribution in [2.45, 2.75) is 32.6 Å². The second kappa shape index (κ2) is 2.43. The highest BCUT2D eigenvalue weighted by molar-refractivity contribution is 7.87. The van der Waals surface area contributed by atoms with E-state index < -0.39 is 20.4 Å². The minimum absolute atomic E-state index is 0.680. The molecule has 0 aromatic heterocycles. The van der Waals surface area contributed by atoms with Gasteiger partial charge in [0.05, 0.1) is 0 Å². The van der Waals surface area contributed by atoms with E-state index in [4.69, 9.17) is 10.3 Å². The zero-order valence-electron chi connectivity index (χ0n) is 7.25. The lowest BCUT2D eigenvalue weighted by atomic mass is 9.88. The average molecular weight is 181 g/mol. The normalized spacial score (nSPS) is 19.5. The number of hydrogen-bond acceptors (Lipinski definition) is 3. The molecule has 0 saturated heterocycles. The fourth-order valence-corrected chi connectivity index (χ4v) is 1.16. The molecule has 0 heterocycles. The third-order valence-electron chi connectivity index (χ3n) is 2.03. The van der Waals surface area contributed by atoms with Crippen molar-refractivity contribution in [3.05, 3.63) is 0 Å². The standard InChI is InChI=1S/C6H15NO3S/c1-5(2,3)6(4,7)11(8,9)10/h7H2,1-4H3,(H,8,9,10). The van der Waals surface area contributed by atoms with Gasteiger partial charge in [0.1, 0.15) is 4.87 Å². The van der Waals surface area contributed by atoms with Crippen LogP contribution in [0.25, 0.3) is 0 Å². The summed E-state index contributed by atoms with van der Waals surface area (Å²) in [5, 5.41) is 0. The SMILES string of the molecule is CC(C)(C)C(C)(N)S(=O)(=O)O. The predicted octanol–water partition coefficient (Wildman–Crippen LogP) is 0.595. The first-order valence-corrected chi connectivity index (χ1v) is 4.70. The Kier molecular flexibility index (Phi) is 2.40. The van der Waals surface area contributed by atoms with E-state index in [1.54, 1.807) is 20.8 Å². The van der Waals surface area contributed by atoms with Crippen molar-refractivity contribution in [2.75, 3.05) is 0 Å². The molecule has 0 amide bonds. The van der Waals surface area contributed by atoms with Crippen LogP contribution >= 0.6 is 0 Å². The van der Waals surface area contributed by atoms with E-state index in [0.717, 1.165) is 0 Å². The first-order chi connectivity index (χ1) is 4.50. The highest BCUT2D eigenvalue weighted by Gasteiger charge is 2.44. The summed E-state index contributed by atoms with van der Waals surface area (Å²) in [5.41, 5.74) is 4.75. The van der Waals surface area contributed by atoms with Crippen molar-refractivity contribution in [1.82, 2.24) is 0 Å². The van der Waals surface area contributed by atoms with Crippen LogP contribution in [0.2, 0.25) is 0 Å². The number of hydrogen-bond donors (Lipinski definition) is 2. The van der Waals surface area contributed by atoms with Crippen molar-refractivity contribution in [3.63, 3.8) is 0 Å². The van der Waals surface area contributed by atoms with Gasteiger partial charge < -0.3 is 5.73 Å². The molecule has 1 atom stereocenters. The molecule has 1 unspecified atom stereocenters. The Bertz CT molecular complexity index is 235. The van der Waals surface area contributed by atoms with Gasteiger partial charge in [-0.2, -0.15) is 8.42 Å². The molecular weight excluding hydrogens is 166 g/mol. The molecule has 0 fully saturated rings. The molecule has 0 spiro atoms. The van der Waals surface area contributed by atoms with E-state index in [1.807, 2.05) is 0 Å². The highest BCUT2D eigenvalue weighted by Crippen LogP contribution is 2.31. The monoisotopic (exact) mass is 181 g/mol. The fraction of sp³-hybridized carbons (Fsp3) is 1.00. The summed E-state index contributed by atoms with van der Waals surface area (Å²) in [7, 11) is -4.18. The molecule has 0 rings (SSSR count). The summed E-state index contributed by atoms with van der Waals surface area (Å²) >= 11 is 0. The molecule has 5 heteroatoms. The van der Waals surface area contributed by atoms with Gasteiger partial charge in [0.2, 0.25) is 0 Å². The van der Waals surface area contributed by atoms with Crippen LogP contribution in [0.1, 0.15) is 27.7 Å². The van der Waals surface area contributed by atoms with Crippen LogP contribution in [-0.4, -0.2) is 17.8 Å². The van der Waals surface area contributed by atoms with Crippen molar-refractivity contribution in [3.8, 4) is 0 Å². The Labute approximate surface area is 67.5 Å². The third-order valence-corrected chi connectivity index (χ3v) is 3.71. The molecule has 11 heavy (non-hydrogen) atoms. The first-order valence-electron chi connectivity index (χ1n) is 3.26. The lowest BCUT2D eigenvalue weighted by Gasteiger charge is -2.34. The summed E-state index contributed by atoms with van der Waals surface area (Å²) in [5.74, 6) is 0. The van der Waals surface area contributed by atoms with Crippen LogP contribution in [0, 0.1) is 5.41 Å². The van der Waals surface area contributed by atoms with Gasteiger partial charge in [0.15, 0.2) is 0 Å². The quantitative estimate of drug-likeness (QED) is 0.580. The second-order valence-electron chi connectivity index (χ2n) is 3.83. The van der Waals surface area contributed by atoms with E-state index in [0.29, 0.717) is 0 Å². The zero-order valence-corrected chi connectivity index (χ0v) is 8.07. The Hall–Kier alpha value is -0.130. The van der Waals surface area contributed by atoms with Gasteiger partial charge in [-0.15, -0.1) is 0 Å². The van der Waals surface area contributed by atoms with Gasteiger partial charge in [0, 0.05) is 0 Å². The Morgan fingerprint density at radius 2 is 1.45 bits per heavy atom. The number of rotatable bonds is 1. The average Bonchev–Trinajstić information content (AvgIpc) is 1.58. The van der Waals surface area contributed by atoms with Crippen LogP contribution in [0.15, 0.2) is 0 Å². The van der Waals surface area contributed by atoms with Crippen LogP contribution in [-0.2, 0) is 10.1 Å². The summed E-state index contributed by atoms with van der Waals surface area (Å²) < 4.78 is 30.2. The van der Waals surface area contributed by atoms with Gasteiger partial charge in [-0.25, -0.2) is 0 Å². The molecule has 0 aliphatic heterocycles. The van der Waals surface area contributed by atoms with E-state index >= 15 is 0 Å². The molecule has 0 aliphatic carbocycles. The highest BCUT2D eigenvalue weighted by atomic mass is 32.2. The fourth-order valence-electron chi connectivity index (χ4n) is 0.387. The third kappa shape index (κ3) is 1.91. The smallest absolute Gasteiger partial charge is 0.284 e. The molecule has 0 bridgehead atoms. The molecule has 3 N–H and O–H groups in total. The topological polar surface area (TPSA) is 80.4 Å². The molecule has 4 nitrogen and oxygen atoms in total. The maximum Gasteiger partial charge on any atom is 0.284 e. The first kappa shape index (κ1) is 10.9. The van der Waals surface area contributed by atoms with Gasteiger partial charge in [-0.1, -0.05) is 20.8 Å². The summed E-state index contributed by atoms with van der Waals surface area (Å²) in [6.45, 7) is 6.25. The van der Waals surface area contributed by atoms with E-state index in [2.05, 4.69) is 0 Å². The Balaban J connectivity index is 5.08. The van der Waals surface area contributed by atoms with Crippen molar-refractivity contribution in [2.24, 2.45) is 11.1 Å².